The average molecular weight is 278 g/mol. The van der Waals surface area contributed by atoms with Gasteiger partial charge >= 0.3 is 5.97 Å². The zero-order valence-corrected chi connectivity index (χ0v) is 11.5. The zero-order valence-electron chi connectivity index (χ0n) is 11.5. The third-order valence-electron chi connectivity index (χ3n) is 4.63. The summed E-state index contributed by atoms with van der Waals surface area (Å²) in [5, 5.41) is 20.2. The monoisotopic (exact) mass is 278 g/mol. The summed E-state index contributed by atoms with van der Waals surface area (Å²) in [6, 6.07) is 1.76. The number of rotatable bonds is 1. The summed E-state index contributed by atoms with van der Waals surface area (Å²) >= 11 is 0. The maximum atomic E-state index is 11.9. The summed E-state index contributed by atoms with van der Waals surface area (Å²) in [5.74, 6) is -0.669. The summed E-state index contributed by atoms with van der Waals surface area (Å²) < 4.78 is 10.5. The molecule has 108 valence electrons. The molecule has 4 atom stereocenters. The molecule has 0 saturated carbocycles. The van der Waals surface area contributed by atoms with Crippen molar-refractivity contribution in [3.8, 4) is 0 Å². The van der Waals surface area contributed by atoms with Crippen LogP contribution >= 0.6 is 0 Å². The van der Waals surface area contributed by atoms with E-state index in [1.165, 1.54) is 6.26 Å². The summed E-state index contributed by atoms with van der Waals surface area (Å²) in [6.07, 6.45) is 1.92. The SMILES string of the molecule is CC1=C2[C@H](O)C(=O)O[C@@H](c3ccoc3)[C@]2(C)CC[C@@H]1O. The molecule has 5 nitrogen and oxygen atoms in total. The Labute approximate surface area is 116 Å². The summed E-state index contributed by atoms with van der Waals surface area (Å²) in [6.45, 7) is 3.73. The van der Waals surface area contributed by atoms with Gasteiger partial charge in [-0.15, -0.1) is 0 Å². The van der Waals surface area contributed by atoms with Gasteiger partial charge in [-0.25, -0.2) is 4.79 Å². The van der Waals surface area contributed by atoms with Gasteiger partial charge in [0.25, 0.3) is 0 Å². The number of ether oxygens (including phenoxy) is 1. The molecule has 20 heavy (non-hydrogen) atoms. The Bertz CT molecular complexity index is 559. The second kappa shape index (κ2) is 4.46. The first-order valence-corrected chi connectivity index (χ1v) is 6.75. The molecular weight excluding hydrogens is 260 g/mol. The van der Waals surface area contributed by atoms with Crippen LogP contribution in [-0.2, 0) is 9.53 Å². The van der Waals surface area contributed by atoms with Gasteiger partial charge in [0.1, 0.15) is 6.10 Å². The van der Waals surface area contributed by atoms with E-state index in [4.69, 9.17) is 9.15 Å². The van der Waals surface area contributed by atoms with Crippen molar-refractivity contribution in [1.29, 1.82) is 0 Å². The first kappa shape index (κ1) is 13.4. The average Bonchev–Trinajstić information content (AvgIpc) is 2.93. The molecule has 0 unspecified atom stereocenters. The van der Waals surface area contributed by atoms with Crippen molar-refractivity contribution in [2.24, 2.45) is 5.41 Å². The molecule has 0 amide bonds. The van der Waals surface area contributed by atoms with E-state index in [0.29, 0.717) is 24.0 Å². The number of fused-ring (bicyclic) bond motifs is 1. The molecule has 1 fully saturated rings. The molecule has 1 aromatic heterocycles. The van der Waals surface area contributed by atoms with E-state index in [0.717, 1.165) is 5.56 Å². The highest BCUT2D eigenvalue weighted by Gasteiger charge is 2.53. The van der Waals surface area contributed by atoms with Crippen LogP contribution in [-0.4, -0.2) is 28.4 Å². The normalized spacial score (nSPS) is 37.6. The van der Waals surface area contributed by atoms with Gasteiger partial charge < -0.3 is 19.4 Å². The Morgan fingerprint density at radius 1 is 1.40 bits per heavy atom. The van der Waals surface area contributed by atoms with Crippen molar-refractivity contribution in [2.75, 3.05) is 0 Å². The predicted molar refractivity (Wildman–Crippen MR) is 69.6 cm³/mol. The largest absolute Gasteiger partial charge is 0.472 e. The third kappa shape index (κ3) is 1.73. The molecule has 1 aliphatic heterocycles. The minimum atomic E-state index is -1.29. The number of aliphatic hydroxyl groups excluding tert-OH is 2. The number of hydrogen-bond donors (Lipinski definition) is 2. The van der Waals surface area contributed by atoms with Gasteiger partial charge in [-0.3, -0.25) is 0 Å². The fourth-order valence-electron chi connectivity index (χ4n) is 3.51. The van der Waals surface area contributed by atoms with Crippen molar-refractivity contribution in [2.45, 2.75) is 45.0 Å². The van der Waals surface area contributed by atoms with Gasteiger partial charge in [0.15, 0.2) is 6.10 Å². The van der Waals surface area contributed by atoms with Crippen LogP contribution in [0.5, 0.6) is 0 Å². The highest BCUT2D eigenvalue weighted by atomic mass is 16.6. The maximum Gasteiger partial charge on any atom is 0.339 e. The standard InChI is InChI=1S/C15H18O5/c1-8-10(16)3-5-15(2)11(8)12(17)14(18)20-13(15)9-4-6-19-7-9/h4,6-7,10,12-13,16-17H,3,5H2,1-2H3/t10-,12-,13-,15+/m0/s1. The van der Waals surface area contributed by atoms with E-state index in [9.17, 15) is 15.0 Å². The van der Waals surface area contributed by atoms with Crippen LogP contribution in [0.2, 0.25) is 0 Å². The van der Waals surface area contributed by atoms with Gasteiger partial charge in [-0.05, 0) is 37.0 Å². The topological polar surface area (TPSA) is 79.9 Å². The number of furan rings is 1. The molecular formula is C15H18O5. The lowest BCUT2D eigenvalue weighted by atomic mass is 9.63. The van der Waals surface area contributed by atoms with Crippen LogP contribution in [0.25, 0.3) is 0 Å². The van der Waals surface area contributed by atoms with Gasteiger partial charge in [0, 0.05) is 11.0 Å². The minimum Gasteiger partial charge on any atom is -0.472 e. The summed E-state index contributed by atoms with van der Waals surface area (Å²) in [5.41, 5.74) is 1.53. The Morgan fingerprint density at radius 2 is 2.15 bits per heavy atom. The molecule has 1 aromatic rings. The number of cyclic esters (lactones) is 1. The first-order chi connectivity index (χ1) is 9.45. The lowest BCUT2D eigenvalue weighted by Crippen LogP contribution is -2.49. The van der Waals surface area contributed by atoms with Crippen molar-refractivity contribution >= 4 is 5.97 Å². The van der Waals surface area contributed by atoms with E-state index in [-0.39, 0.29) is 0 Å². The van der Waals surface area contributed by atoms with E-state index in [1.54, 1.807) is 19.3 Å². The molecule has 0 spiro atoms. The second-order valence-electron chi connectivity index (χ2n) is 5.84. The van der Waals surface area contributed by atoms with Gasteiger partial charge in [0.05, 0.1) is 18.6 Å². The molecule has 0 bridgehead atoms. The highest BCUT2D eigenvalue weighted by Crippen LogP contribution is 2.54. The quantitative estimate of drug-likeness (QED) is 0.604. The molecule has 5 heteroatoms. The summed E-state index contributed by atoms with van der Waals surface area (Å²) in [4.78, 5) is 11.9. The van der Waals surface area contributed by atoms with Crippen LogP contribution in [0.1, 0.15) is 38.4 Å². The van der Waals surface area contributed by atoms with Crippen molar-refractivity contribution < 1.29 is 24.2 Å². The molecule has 2 aliphatic rings. The van der Waals surface area contributed by atoms with Crippen LogP contribution in [0, 0.1) is 5.41 Å². The maximum absolute atomic E-state index is 11.9. The molecule has 2 N–H and O–H groups in total. The Hall–Kier alpha value is -1.59. The van der Waals surface area contributed by atoms with Crippen LogP contribution in [0.4, 0.5) is 0 Å². The Balaban J connectivity index is 2.14. The number of aliphatic hydroxyl groups is 2. The number of esters is 1. The van der Waals surface area contributed by atoms with E-state index in [2.05, 4.69) is 0 Å². The number of carbonyl (C=O) groups excluding carboxylic acids is 1. The lowest BCUT2D eigenvalue weighted by Gasteiger charge is -2.48. The van der Waals surface area contributed by atoms with E-state index in [1.807, 2.05) is 6.92 Å². The molecule has 1 saturated heterocycles. The van der Waals surface area contributed by atoms with Crippen molar-refractivity contribution in [1.82, 2.24) is 0 Å². The molecule has 1 aliphatic carbocycles. The van der Waals surface area contributed by atoms with E-state index < -0.39 is 29.7 Å². The molecule has 0 aromatic carbocycles. The van der Waals surface area contributed by atoms with Crippen LogP contribution in [0.3, 0.4) is 0 Å². The number of carbonyl (C=O) groups is 1. The highest BCUT2D eigenvalue weighted by molar-refractivity contribution is 5.81. The second-order valence-corrected chi connectivity index (χ2v) is 5.84. The fourth-order valence-corrected chi connectivity index (χ4v) is 3.51. The predicted octanol–water partition coefficient (Wildman–Crippen LogP) is 1.72. The van der Waals surface area contributed by atoms with Crippen molar-refractivity contribution in [3.05, 3.63) is 35.3 Å². The Morgan fingerprint density at radius 3 is 2.80 bits per heavy atom. The van der Waals surface area contributed by atoms with Crippen LogP contribution in [0.15, 0.2) is 34.2 Å². The van der Waals surface area contributed by atoms with Crippen LogP contribution < -0.4 is 0 Å². The minimum absolute atomic E-state index is 0.491. The first-order valence-electron chi connectivity index (χ1n) is 6.75. The van der Waals surface area contributed by atoms with Gasteiger partial charge in [0.2, 0.25) is 0 Å². The van der Waals surface area contributed by atoms with E-state index >= 15 is 0 Å². The third-order valence-corrected chi connectivity index (χ3v) is 4.63. The molecule has 0 radical (unpaired) electrons. The summed E-state index contributed by atoms with van der Waals surface area (Å²) in [7, 11) is 0. The van der Waals surface area contributed by atoms with Gasteiger partial charge in [-0.2, -0.15) is 0 Å². The lowest BCUT2D eigenvalue weighted by molar-refractivity contribution is -0.174. The molecule has 2 heterocycles. The van der Waals surface area contributed by atoms with Crippen molar-refractivity contribution in [3.63, 3.8) is 0 Å². The Kier molecular flexibility index (Phi) is 2.99. The number of hydrogen-bond acceptors (Lipinski definition) is 5. The smallest absolute Gasteiger partial charge is 0.339 e. The molecule has 3 rings (SSSR count). The fraction of sp³-hybridized carbons (Fsp3) is 0.533. The van der Waals surface area contributed by atoms with Gasteiger partial charge in [-0.1, -0.05) is 6.92 Å². The zero-order chi connectivity index (χ0) is 14.5.